The van der Waals surface area contributed by atoms with Crippen molar-refractivity contribution in [3.63, 3.8) is 0 Å². The predicted molar refractivity (Wildman–Crippen MR) is 77.7 cm³/mol. The van der Waals surface area contributed by atoms with Crippen LogP contribution in [-0.4, -0.2) is 17.3 Å². The molecule has 0 spiro atoms. The molecule has 0 saturated carbocycles. The van der Waals surface area contributed by atoms with Crippen LogP contribution in [0, 0.1) is 0 Å². The smallest absolute Gasteiger partial charge is 0.0937 e. The van der Waals surface area contributed by atoms with Crippen LogP contribution in [0.4, 0.5) is 0 Å². The Morgan fingerprint density at radius 3 is 2.47 bits per heavy atom. The second-order valence-corrected chi connectivity index (χ2v) is 5.69. The van der Waals surface area contributed by atoms with Gasteiger partial charge in [0, 0.05) is 0 Å². The van der Waals surface area contributed by atoms with Gasteiger partial charge in [0.15, 0.2) is 0 Å². The summed E-state index contributed by atoms with van der Waals surface area (Å²) in [5.41, 5.74) is 3.45. The number of aliphatic hydroxyl groups excluding tert-OH is 1. The standard InChI is InChI=1S/C16H21NO2/c1-16(2,3)19-17-11-15(18)14-9-8-12-6-4-5-7-13(12)10-14/h4-10,15,17-18H,11H2,1-3H3. The molecule has 102 valence electrons. The Morgan fingerprint density at radius 1 is 1.11 bits per heavy atom. The van der Waals surface area contributed by atoms with Crippen LogP contribution < -0.4 is 5.48 Å². The largest absolute Gasteiger partial charge is 0.387 e. The van der Waals surface area contributed by atoms with Gasteiger partial charge < -0.3 is 5.11 Å². The molecule has 1 atom stereocenters. The SMILES string of the molecule is CC(C)(C)ONCC(O)c1ccc2ccccc2c1. The molecule has 0 amide bonds. The van der Waals surface area contributed by atoms with E-state index in [9.17, 15) is 5.11 Å². The molecule has 0 saturated heterocycles. The first-order chi connectivity index (χ1) is 8.96. The first kappa shape index (κ1) is 14.0. The third kappa shape index (κ3) is 4.03. The summed E-state index contributed by atoms with van der Waals surface area (Å²) < 4.78 is 0. The minimum Gasteiger partial charge on any atom is -0.387 e. The maximum Gasteiger partial charge on any atom is 0.0937 e. The van der Waals surface area contributed by atoms with E-state index in [1.165, 1.54) is 5.39 Å². The van der Waals surface area contributed by atoms with Crippen molar-refractivity contribution in [1.82, 2.24) is 5.48 Å². The van der Waals surface area contributed by atoms with E-state index in [0.29, 0.717) is 6.54 Å². The van der Waals surface area contributed by atoms with Crippen molar-refractivity contribution < 1.29 is 9.94 Å². The second-order valence-electron chi connectivity index (χ2n) is 5.69. The van der Waals surface area contributed by atoms with Crippen molar-refractivity contribution in [3.8, 4) is 0 Å². The lowest BCUT2D eigenvalue weighted by Crippen LogP contribution is -2.31. The van der Waals surface area contributed by atoms with Crippen LogP contribution in [0.5, 0.6) is 0 Å². The molecule has 2 aromatic rings. The predicted octanol–water partition coefficient (Wildman–Crippen LogP) is 3.19. The van der Waals surface area contributed by atoms with Gasteiger partial charge in [-0.15, -0.1) is 0 Å². The zero-order valence-electron chi connectivity index (χ0n) is 11.7. The fourth-order valence-corrected chi connectivity index (χ4v) is 1.87. The lowest BCUT2D eigenvalue weighted by atomic mass is 10.0. The van der Waals surface area contributed by atoms with Gasteiger partial charge in [0.25, 0.3) is 0 Å². The van der Waals surface area contributed by atoms with Crippen LogP contribution in [0.25, 0.3) is 10.8 Å². The lowest BCUT2D eigenvalue weighted by Gasteiger charge is -2.21. The molecule has 0 fully saturated rings. The highest BCUT2D eigenvalue weighted by Gasteiger charge is 2.13. The van der Waals surface area contributed by atoms with E-state index < -0.39 is 6.10 Å². The molecule has 2 aromatic carbocycles. The summed E-state index contributed by atoms with van der Waals surface area (Å²) >= 11 is 0. The summed E-state index contributed by atoms with van der Waals surface area (Å²) in [6.45, 7) is 6.25. The number of hydrogen-bond donors (Lipinski definition) is 2. The van der Waals surface area contributed by atoms with E-state index in [1.54, 1.807) is 0 Å². The maximum absolute atomic E-state index is 10.1. The van der Waals surface area contributed by atoms with Gasteiger partial charge in [0.05, 0.1) is 18.2 Å². The summed E-state index contributed by atoms with van der Waals surface area (Å²) in [7, 11) is 0. The number of nitrogens with one attached hydrogen (secondary N) is 1. The van der Waals surface area contributed by atoms with Crippen molar-refractivity contribution in [3.05, 3.63) is 48.0 Å². The van der Waals surface area contributed by atoms with Gasteiger partial charge in [0.1, 0.15) is 0 Å². The summed E-state index contributed by atoms with van der Waals surface area (Å²) in [6, 6.07) is 14.1. The highest BCUT2D eigenvalue weighted by atomic mass is 16.7. The molecular weight excluding hydrogens is 238 g/mol. The number of aliphatic hydroxyl groups is 1. The molecule has 0 aliphatic rings. The van der Waals surface area contributed by atoms with E-state index >= 15 is 0 Å². The fraction of sp³-hybridized carbons (Fsp3) is 0.375. The molecule has 3 heteroatoms. The molecule has 2 rings (SSSR count). The van der Waals surface area contributed by atoms with Crippen molar-refractivity contribution >= 4 is 10.8 Å². The quantitative estimate of drug-likeness (QED) is 0.829. The Labute approximate surface area is 114 Å². The van der Waals surface area contributed by atoms with E-state index in [1.807, 2.05) is 57.2 Å². The summed E-state index contributed by atoms with van der Waals surface area (Å²) in [6.07, 6.45) is -0.577. The Balaban J connectivity index is 2.03. The molecule has 2 N–H and O–H groups in total. The van der Waals surface area contributed by atoms with Crippen molar-refractivity contribution in [1.29, 1.82) is 0 Å². The molecule has 3 nitrogen and oxygen atoms in total. The topological polar surface area (TPSA) is 41.5 Å². The van der Waals surface area contributed by atoms with Gasteiger partial charge in [-0.05, 0) is 43.2 Å². The normalized spacial score (nSPS) is 13.7. The van der Waals surface area contributed by atoms with Crippen LogP contribution in [0.2, 0.25) is 0 Å². The van der Waals surface area contributed by atoms with Crippen LogP contribution in [0.1, 0.15) is 32.4 Å². The van der Waals surface area contributed by atoms with Gasteiger partial charge in [-0.3, -0.25) is 4.84 Å². The van der Waals surface area contributed by atoms with E-state index in [2.05, 4.69) is 11.5 Å². The third-order valence-electron chi connectivity index (χ3n) is 2.81. The third-order valence-corrected chi connectivity index (χ3v) is 2.81. The Kier molecular flexibility index (Phi) is 4.20. The molecule has 0 bridgehead atoms. The zero-order chi connectivity index (χ0) is 13.9. The minimum atomic E-state index is -0.577. The van der Waals surface area contributed by atoms with Gasteiger partial charge in [-0.2, -0.15) is 5.48 Å². The van der Waals surface area contributed by atoms with Crippen LogP contribution in [-0.2, 0) is 4.84 Å². The Bertz CT molecular complexity index is 546. The van der Waals surface area contributed by atoms with E-state index in [4.69, 9.17) is 4.84 Å². The number of benzene rings is 2. The molecule has 0 aliphatic heterocycles. The molecule has 0 heterocycles. The minimum absolute atomic E-state index is 0.261. The molecule has 0 aromatic heterocycles. The van der Waals surface area contributed by atoms with E-state index in [0.717, 1.165) is 10.9 Å². The number of rotatable bonds is 4. The zero-order valence-corrected chi connectivity index (χ0v) is 11.7. The van der Waals surface area contributed by atoms with Crippen molar-refractivity contribution in [2.45, 2.75) is 32.5 Å². The first-order valence-electron chi connectivity index (χ1n) is 6.53. The molecule has 0 radical (unpaired) electrons. The second kappa shape index (κ2) is 5.70. The van der Waals surface area contributed by atoms with Crippen LogP contribution in [0.15, 0.2) is 42.5 Å². The van der Waals surface area contributed by atoms with Gasteiger partial charge in [-0.25, -0.2) is 0 Å². The lowest BCUT2D eigenvalue weighted by molar-refractivity contribution is -0.0834. The summed E-state index contributed by atoms with van der Waals surface area (Å²) in [5.74, 6) is 0. The highest BCUT2D eigenvalue weighted by Crippen LogP contribution is 2.20. The van der Waals surface area contributed by atoms with Gasteiger partial charge >= 0.3 is 0 Å². The maximum atomic E-state index is 10.1. The molecule has 19 heavy (non-hydrogen) atoms. The van der Waals surface area contributed by atoms with Crippen LogP contribution >= 0.6 is 0 Å². The monoisotopic (exact) mass is 259 g/mol. The van der Waals surface area contributed by atoms with Crippen molar-refractivity contribution in [2.24, 2.45) is 0 Å². The average molecular weight is 259 g/mol. The Morgan fingerprint density at radius 2 is 1.79 bits per heavy atom. The number of fused-ring (bicyclic) bond motifs is 1. The van der Waals surface area contributed by atoms with Crippen LogP contribution in [0.3, 0.4) is 0 Å². The van der Waals surface area contributed by atoms with Crippen molar-refractivity contribution in [2.75, 3.05) is 6.54 Å². The summed E-state index contributed by atoms with van der Waals surface area (Å²) in [4.78, 5) is 5.40. The first-order valence-corrected chi connectivity index (χ1v) is 6.53. The fourth-order valence-electron chi connectivity index (χ4n) is 1.87. The number of hydrogen-bond acceptors (Lipinski definition) is 3. The number of hydroxylamine groups is 1. The average Bonchev–Trinajstić information content (AvgIpc) is 2.36. The van der Waals surface area contributed by atoms with Gasteiger partial charge in [-0.1, -0.05) is 36.4 Å². The molecular formula is C16H21NO2. The summed E-state index contributed by atoms with van der Waals surface area (Å²) in [5, 5.41) is 12.4. The highest BCUT2D eigenvalue weighted by molar-refractivity contribution is 5.83. The van der Waals surface area contributed by atoms with Gasteiger partial charge in [0.2, 0.25) is 0 Å². The molecule has 1 unspecified atom stereocenters. The molecule has 0 aliphatic carbocycles. The Hall–Kier alpha value is -1.42. The van der Waals surface area contributed by atoms with E-state index in [-0.39, 0.29) is 5.60 Å².